The van der Waals surface area contributed by atoms with Gasteiger partial charge in [-0.05, 0) is 58.4 Å². The summed E-state index contributed by atoms with van der Waals surface area (Å²) < 4.78 is 21.9. The lowest BCUT2D eigenvalue weighted by molar-refractivity contribution is 0.0498. The summed E-state index contributed by atoms with van der Waals surface area (Å²) in [6.07, 6.45) is 1.73. The number of hydrogen-bond donors (Lipinski definition) is 4. The van der Waals surface area contributed by atoms with Crippen LogP contribution in [0.4, 0.5) is 26.5 Å². The number of halogens is 1. The number of alkyl carbamates (subject to hydrolysis) is 1. The highest BCUT2D eigenvalue weighted by Gasteiger charge is 2.24. The molecule has 1 aromatic carbocycles. The number of amides is 2. The van der Waals surface area contributed by atoms with Crippen LogP contribution in [-0.4, -0.2) is 44.4 Å². The summed E-state index contributed by atoms with van der Waals surface area (Å²) in [5, 5.41) is 14.0. The van der Waals surface area contributed by atoms with Gasteiger partial charge in [0.15, 0.2) is 11.6 Å². The molecule has 0 saturated heterocycles. The molecule has 0 radical (unpaired) electrons. The van der Waals surface area contributed by atoms with Gasteiger partial charge >= 0.3 is 6.09 Å². The Morgan fingerprint density at radius 3 is 2.57 bits per heavy atom. The molecule has 3 aromatic rings. The van der Waals surface area contributed by atoms with Gasteiger partial charge in [0, 0.05) is 24.2 Å². The third-order valence-electron chi connectivity index (χ3n) is 5.36. The zero-order valence-corrected chi connectivity index (χ0v) is 20.8. The lowest BCUT2D eigenvalue weighted by atomic mass is 10.1. The summed E-state index contributed by atoms with van der Waals surface area (Å²) in [5.41, 5.74) is 6.23. The average molecular weight is 486 g/mol. The lowest BCUT2D eigenvalue weighted by Crippen LogP contribution is -2.47. The number of carbonyl (C=O) groups is 2. The molecule has 10 nitrogen and oxygen atoms in total. The number of hydrogen-bond acceptors (Lipinski definition) is 7. The lowest BCUT2D eigenvalue weighted by Gasteiger charge is -2.27. The number of nitrogens with two attached hydrogens (primary N) is 1. The van der Waals surface area contributed by atoms with Crippen molar-refractivity contribution < 1.29 is 18.7 Å². The van der Waals surface area contributed by atoms with Crippen molar-refractivity contribution in [2.75, 3.05) is 10.6 Å². The number of benzene rings is 1. The molecular formula is C24H32FN7O3. The Kier molecular flexibility index (Phi) is 7.47. The zero-order valence-electron chi connectivity index (χ0n) is 20.8. The standard InChI is InChI=1S/C24H32FN7O3/c1-7-18(30-23(34)35-24(3,4)5)13(2)28-22-17(25)11-16(20(26)33)21(31-22)29-15-9-8-14-12-27-32(6)19(14)10-15/h8-13,18H,7H2,1-6H3,(H2,26,33)(H,30,34)(H2,28,29,31)/t13-,18+/m1/s1. The topological polar surface area (TPSA) is 136 Å². The molecule has 2 heterocycles. The summed E-state index contributed by atoms with van der Waals surface area (Å²) in [7, 11) is 1.82. The van der Waals surface area contributed by atoms with Crippen molar-refractivity contribution in [2.24, 2.45) is 12.8 Å². The van der Waals surface area contributed by atoms with Crippen LogP contribution < -0.4 is 21.7 Å². The molecule has 0 fully saturated rings. The van der Waals surface area contributed by atoms with Crippen LogP contribution in [0.15, 0.2) is 30.5 Å². The highest BCUT2D eigenvalue weighted by Crippen LogP contribution is 2.26. The minimum atomic E-state index is -0.821. The van der Waals surface area contributed by atoms with Crippen LogP contribution in [0, 0.1) is 5.82 Å². The first-order chi connectivity index (χ1) is 16.4. The molecule has 188 valence electrons. The van der Waals surface area contributed by atoms with E-state index in [4.69, 9.17) is 10.5 Å². The van der Waals surface area contributed by atoms with Gasteiger partial charge in [-0.3, -0.25) is 9.48 Å². The number of ether oxygens (including phenoxy) is 1. The fraction of sp³-hybridized carbons (Fsp3) is 0.417. The molecule has 35 heavy (non-hydrogen) atoms. The minimum absolute atomic E-state index is 0.0870. The van der Waals surface area contributed by atoms with Crippen molar-refractivity contribution in [3.8, 4) is 0 Å². The molecule has 0 aliphatic carbocycles. The van der Waals surface area contributed by atoms with Crippen molar-refractivity contribution in [3.05, 3.63) is 41.8 Å². The maximum Gasteiger partial charge on any atom is 0.407 e. The third kappa shape index (κ3) is 6.37. The number of aromatic nitrogens is 3. The van der Waals surface area contributed by atoms with Gasteiger partial charge in [-0.25, -0.2) is 14.2 Å². The fourth-order valence-electron chi connectivity index (χ4n) is 3.59. The van der Waals surface area contributed by atoms with E-state index in [1.807, 2.05) is 26.1 Å². The highest BCUT2D eigenvalue weighted by atomic mass is 19.1. The maximum absolute atomic E-state index is 14.9. The van der Waals surface area contributed by atoms with Crippen molar-refractivity contribution in [1.29, 1.82) is 0 Å². The van der Waals surface area contributed by atoms with Gasteiger partial charge in [0.2, 0.25) is 0 Å². The molecule has 2 amide bonds. The molecule has 11 heteroatoms. The highest BCUT2D eigenvalue weighted by molar-refractivity contribution is 5.99. The van der Waals surface area contributed by atoms with Crippen molar-refractivity contribution >= 4 is 40.2 Å². The number of aryl methyl sites for hydroxylation is 1. The molecular weight excluding hydrogens is 453 g/mol. The summed E-state index contributed by atoms with van der Waals surface area (Å²) in [4.78, 5) is 28.5. The van der Waals surface area contributed by atoms with E-state index in [1.165, 1.54) is 0 Å². The van der Waals surface area contributed by atoms with Crippen LogP contribution in [0.2, 0.25) is 0 Å². The van der Waals surface area contributed by atoms with Crippen molar-refractivity contribution in [2.45, 2.75) is 58.7 Å². The second kappa shape index (κ2) is 10.2. The third-order valence-corrected chi connectivity index (χ3v) is 5.36. The first-order valence-electron chi connectivity index (χ1n) is 11.3. The Morgan fingerprint density at radius 2 is 1.94 bits per heavy atom. The minimum Gasteiger partial charge on any atom is -0.444 e. The molecule has 0 unspecified atom stereocenters. The van der Waals surface area contributed by atoms with Gasteiger partial charge in [-0.15, -0.1) is 0 Å². The van der Waals surface area contributed by atoms with E-state index < -0.39 is 29.5 Å². The second-order valence-electron chi connectivity index (χ2n) is 9.34. The largest absolute Gasteiger partial charge is 0.444 e. The van der Waals surface area contributed by atoms with Gasteiger partial charge in [0.25, 0.3) is 5.91 Å². The average Bonchev–Trinajstić information content (AvgIpc) is 3.12. The number of carbonyl (C=O) groups excluding carboxylic acids is 2. The number of nitrogens with zero attached hydrogens (tertiary/aromatic N) is 3. The number of fused-ring (bicyclic) bond motifs is 1. The molecule has 0 bridgehead atoms. The Hall–Kier alpha value is -3.89. The van der Waals surface area contributed by atoms with Gasteiger partial charge in [-0.2, -0.15) is 5.10 Å². The van der Waals surface area contributed by atoms with Crippen LogP contribution in [0.25, 0.3) is 10.9 Å². The summed E-state index contributed by atoms with van der Waals surface area (Å²) in [6.45, 7) is 9.00. The summed E-state index contributed by atoms with van der Waals surface area (Å²) in [6, 6.07) is 5.77. The van der Waals surface area contributed by atoms with Gasteiger partial charge in [0.1, 0.15) is 11.4 Å². The summed E-state index contributed by atoms with van der Waals surface area (Å²) in [5.74, 6) is -1.55. The molecule has 5 N–H and O–H groups in total. The number of nitrogens with one attached hydrogen (secondary N) is 3. The zero-order chi connectivity index (χ0) is 25.9. The van der Waals surface area contributed by atoms with E-state index in [0.717, 1.165) is 17.0 Å². The molecule has 3 rings (SSSR count). The van der Waals surface area contributed by atoms with Crippen LogP contribution in [-0.2, 0) is 11.8 Å². The normalized spacial score (nSPS) is 13.2. The van der Waals surface area contributed by atoms with Crippen LogP contribution in [0.5, 0.6) is 0 Å². The van der Waals surface area contributed by atoms with E-state index in [0.29, 0.717) is 12.1 Å². The van der Waals surface area contributed by atoms with E-state index in [9.17, 15) is 14.0 Å². The van der Waals surface area contributed by atoms with Gasteiger partial charge < -0.3 is 26.4 Å². The fourth-order valence-corrected chi connectivity index (χ4v) is 3.59. The van der Waals surface area contributed by atoms with Gasteiger partial charge in [-0.1, -0.05) is 6.92 Å². The van der Waals surface area contributed by atoms with E-state index in [-0.39, 0.29) is 23.2 Å². The molecule has 0 aliphatic rings. The smallest absolute Gasteiger partial charge is 0.407 e. The van der Waals surface area contributed by atoms with Crippen LogP contribution >= 0.6 is 0 Å². The summed E-state index contributed by atoms with van der Waals surface area (Å²) >= 11 is 0. The number of anilines is 3. The van der Waals surface area contributed by atoms with Gasteiger partial charge in [0.05, 0.1) is 23.3 Å². The Balaban J connectivity index is 1.85. The molecule has 2 aromatic heterocycles. The molecule has 0 saturated carbocycles. The quantitative estimate of drug-likeness (QED) is 0.378. The predicted octanol–water partition coefficient (Wildman–Crippen LogP) is 4.05. The monoisotopic (exact) mass is 485 g/mol. The second-order valence-corrected chi connectivity index (χ2v) is 9.34. The van der Waals surface area contributed by atoms with E-state index in [1.54, 1.807) is 44.6 Å². The van der Waals surface area contributed by atoms with Crippen LogP contribution in [0.3, 0.4) is 0 Å². The number of primary amides is 1. The first-order valence-corrected chi connectivity index (χ1v) is 11.3. The number of rotatable bonds is 8. The SMILES string of the molecule is CC[C@H](NC(=O)OC(C)(C)C)[C@@H](C)Nc1nc(Nc2ccc3cnn(C)c3c2)c(C(N)=O)cc1F. The Morgan fingerprint density at radius 1 is 1.23 bits per heavy atom. The maximum atomic E-state index is 14.9. The van der Waals surface area contributed by atoms with Crippen molar-refractivity contribution in [1.82, 2.24) is 20.1 Å². The Labute approximate surface area is 203 Å². The van der Waals surface area contributed by atoms with Crippen LogP contribution in [0.1, 0.15) is 51.4 Å². The van der Waals surface area contributed by atoms with E-state index in [2.05, 4.69) is 26.0 Å². The molecule has 0 spiro atoms. The predicted molar refractivity (Wildman–Crippen MR) is 133 cm³/mol. The van der Waals surface area contributed by atoms with E-state index >= 15 is 0 Å². The Bertz CT molecular complexity index is 1240. The first kappa shape index (κ1) is 25.7. The molecule has 2 atom stereocenters. The van der Waals surface area contributed by atoms with Crippen molar-refractivity contribution in [3.63, 3.8) is 0 Å². The molecule has 0 aliphatic heterocycles. The number of pyridine rings is 1.